The van der Waals surface area contributed by atoms with Crippen molar-refractivity contribution in [2.24, 2.45) is 0 Å². The molecule has 30 heavy (non-hydrogen) atoms. The summed E-state index contributed by atoms with van der Waals surface area (Å²) < 4.78 is 152. The second-order valence-corrected chi connectivity index (χ2v) is 5.56. The first-order valence-corrected chi connectivity index (χ1v) is 7.60. The van der Waals surface area contributed by atoms with Crippen LogP contribution >= 0.6 is 0 Å². The summed E-state index contributed by atoms with van der Waals surface area (Å²) in [4.78, 5) is 11.2. The van der Waals surface area contributed by atoms with Crippen molar-refractivity contribution >= 4 is 5.97 Å². The highest BCUT2D eigenvalue weighted by Gasteiger charge is 2.88. The molecule has 3 nitrogen and oxygen atoms in total. The molecular weight excluding hydrogens is 449 g/mol. The average molecular weight is 460 g/mol. The molecule has 0 aliphatic rings. The highest BCUT2D eigenvalue weighted by Crippen LogP contribution is 2.57. The van der Waals surface area contributed by atoms with E-state index in [1.165, 1.54) is 6.92 Å². The summed E-state index contributed by atoms with van der Waals surface area (Å²) in [6.45, 7) is 4.18. The number of aryl methyl sites for hydroxylation is 1. The van der Waals surface area contributed by atoms with Crippen LogP contribution in [0.25, 0.3) is 0 Å². The fourth-order valence-corrected chi connectivity index (χ4v) is 1.94. The van der Waals surface area contributed by atoms with Gasteiger partial charge in [-0.2, -0.15) is 48.3 Å². The van der Waals surface area contributed by atoms with Crippen LogP contribution in [-0.4, -0.2) is 36.0 Å². The van der Waals surface area contributed by atoms with Crippen LogP contribution in [0.1, 0.15) is 12.5 Å². The van der Waals surface area contributed by atoms with Gasteiger partial charge < -0.3 is 9.47 Å². The average Bonchev–Trinajstić information content (AvgIpc) is 2.61. The van der Waals surface area contributed by atoms with Crippen LogP contribution in [0.4, 0.5) is 48.3 Å². The van der Waals surface area contributed by atoms with Crippen molar-refractivity contribution in [3.63, 3.8) is 0 Å². The molecule has 0 radical (unpaired) electrons. The van der Waals surface area contributed by atoms with E-state index >= 15 is 0 Å². The lowest BCUT2D eigenvalue weighted by molar-refractivity contribution is -0.445. The molecule has 0 unspecified atom stereocenters. The van der Waals surface area contributed by atoms with E-state index in [0.717, 1.165) is 12.1 Å². The number of carbonyl (C=O) groups is 1. The second-order valence-electron chi connectivity index (χ2n) is 5.56. The van der Waals surface area contributed by atoms with E-state index in [2.05, 4.69) is 16.1 Å². The molecule has 1 rings (SSSR count). The van der Waals surface area contributed by atoms with Gasteiger partial charge in [-0.15, -0.1) is 0 Å². The zero-order valence-electron chi connectivity index (χ0n) is 14.6. The number of hydrogen-bond donors (Lipinski definition) is 0. The Labute approximate surface area is 161 Å². The number of halogens is 11. The van der Waals surface area contributed by atoms with Crippen molar-refractivity contribution in [1.29, 1.82) is 0 Å². The summed E-state index contributed by atoms with van der Waals surface area (Å²) in [6.07, 6.45) is -13.7. The molecule has 0 atom stereocenters. The number of rotatable bonds is 8. The molecule has 0 spiro atoms. The van der Waals surface area contributed by atoms with Gasteiger partial charge in [0, 0.05) is 6.08 Å². The highest BCUT2D eigenvalue weighted by molar-refractivity contribution is 5.84. The van der Waals surface area contributed by atoms with Gasteiger partial charge in [-0.05, 0) is 18.1 Å². The largest absolute Gasteiger partial charge is 0.471 e. The molecule has 0 amide bonds. The van der Waals surface area contributed by atoms with Gasteiger partial charge in [0.2, 0.25) is 0 Å². The molecule has 0 saturated heterocycles. The van der Waals surface area contributed by atoms with Crippen LogP contribution in [0, 0.1) is 0 Å². The van der Waals surface area contributed by atoms with E-state index < -0.39 is 53.1 Å². The van der Waals surface area contributed by atoms with Crippen molar-refractivity contribution in [1.82, 2.24) is 0 Å². The molecule has 0 heterocycles. The van der Waals surface area contributed by atoms with E-state index in [9.17, 15) is 53.1 Å². The van der Waals surface area contributed by atoms with Crippen molar-refractivity contribution in [3.05, 3.63) is 36.4 Å². The number of benzene rings is 1. The lowest BCUT2D eigenvalue weighted by atomic mass is 10.0. The Morgan fingerprint density at radius 3 is 1.90 bits per heavy atom. The third kappa shape index (κ3) is 4.17. The molecule has 0 bridgehead atoms. The van der Waals surface area contributed by atoms with E-state index in [1.807, 2.05) is 0 Å². The third-order valence-electron chi connectivity index (χ3n) is 3.56. The van der Waals surface area contributed by atoms with Gasteiger partial charge in [0.25, 0.3) is 0 Å². The summed E-state index contributed by atoms with van der Waals surface area (Å²) in [6, 6.07) is 2.66. The minimum absolute atomic E-state index is 0.314. The number of alkyl halides is 11. The van der Waals surface area contributed by atoms with Gasteiger partial charge in [-0.25, -0.2) is 4.79 Å². The summed E-state index contributed by atoms with van der Waals surface area (Å²) in [5.41, 5.74) is -0.453. The first kappa shape index (κ1) is 25.5. The molecule has 0 saturated carbocycles. The maximum Gasteiger partial charge on any atom is 0.471 e. The van der Waals surface area contributed by atoms with Crippen molar-refractivity contribution in [2.45, 2.75) is 43.4 Å². The van der Waals surface area contributed by atoms with Crippen LogP contribution in [-0.2, 0) is 11.2 Å². The van der Waals surface area contributed by atoms with Crippen molar-refractivity contribution in [2.75, 3.05) is 0 Å². The first-order valence-electron chi connectivity index (χ1n) is 7.60. The fraction of sp³-hybridized carbons (Fsp3) is 0.438. The van der Waals surface area contributed by atoms with Crippen LogP contribution in [0.2, 0.25) is 0 Å². The number of carbonyl (C=O) groups excluding carboxylic acids is 1. The van der Waals surface area contributed by atoms with E-state index in [4.69, 9.17) is 0 Å². The zero-order valence-corrected chi connectivity index (χ0v) is 14.6. The number of para-hydroxylation sites is 1. The van der Waals surface area contributed by atoms with Crippen LogP contribution in [0.5, 0.6) is 11.5 Å². The Kier molecular flexibility index (Phi) is 6.75. The van der Waals surface area contributed by atoms with Gasteiger partial charge >= 0.3 is 36.0 Å². The summed E-state index contributed by atoms with van der Waals surface area (Å²) >= 11 is 0. The van der Waals surface area contributed by atoms with Gasteiger partial charge in [0.1, 0.15) is 0 Å². The molecule has 0 aliphatic carbocycles. The van der Waals surface area contributed by atoms with Gasteiger partial charge in [-0.3, -0.25) is 0 Å². The number of esters is 1. The maximum atomic E-state index is 13.9. The van der Waals surface area contributed by atoms with Gasteiger partial charge in [0.05, 0.1) is 0 Å². The highest BCUT2D eigenvalue weighted by atomic mass is 19.4. The van der Waals surface area contributed by atoms with Gasteiger partial charge in [-0.1, -0.05) is 25.6 Å². The smallest absolute Gasteiger partial charge is 0.424 e. The topological polar surface area (TPSA) is 35.5 Å². The Bertz CT molecular complexity index is 800. The molecule has 1 aromatic rings. The third-order valence-corrected chi connectivity index (χ3v) is 3.56. The SMILES string of the molecule is C=CC(=O)Oc1cccc(CC)c1OC(F)(F)C(F)(F)C(F)(F)C(F)(F)C(F)(F)F. The quantitative estimate of drug-likeness (QED) is 0.214. The van der Waals surface area contributed by atoms with E-state index in [1.54, 1.807) is 0 Å². The second kappa shape index (κ2) is 7.95. The van der Waals surface area contributed by atoms with E-state index in [-0.39, 0.29) is 6.42 Å². The molecule has 0 aromatic heterocycles. The summed E-state index contributed by atoms with van der Waals surface area (Å²) in [5, 5.41) is 0. The first-order chi connectivity index (χ1) is 13.4. The Hall–Kier alpha value is -2.54. The monoisotopic (exact) mass is 460 g/mol. The number of hydrogen-bond acceptors (Lipinski definition) is 3. The Morgan fingerprint density at radius 2 is 1.47 bits per heavy atom. The number of ether oxygens (including phenoxy) is 2. The zero-order chi connectivity index (χ0) is 23.8. The minimum atomic E-state index is -7.62. The maximum absolute atomic E-state index is 13.9. The lowest BCUT2D eigenvalue weighted by Crippen LogP contribution is -2.67. The predicted octanol–water partition coefficient (Wildman–Crippen LogP) is 5.78. The molecule has 170 valence electrons. The van der Waals surface area contributed by atoms with Crippen molar-refractivity contribution in [3.8, 4) is 11.5 Å². The standard InChI is InChI=1S/C16H11F11O3/c1-3-8-6-5-7-9(29-10(28)4-2)11(8)30-16(26,27)14(21,22)12(17,18)13(19,20)15(23,24)25/h4-7H,2-3H2,1H3. The van der Waals surface area contributed by atoms with Gasteiger partial charge in [0.15, 0.2) is 11.5 Å². The summed E-state index contributed by atoms with van der Waals surface area (Å²) in [7, 11) is 0. The molecular formula is C16H11F11O3. The molecule has 0 aliphatic heterocycles. The molecule has 1 aromatic carbocycles. The summed E-state index contributed by atoms with van der Waals surface area (Å²) in [5.74, 6) is -26.3. The van der Waals surface area contributed by atoms with Crippen molar-refractivity contribution < 1.29 is 62.6 Å². The minimum Gasteiger partial charge on any atom is -0.424 e. The predicted molar refractivity (Wildman–Crippen MR) is 78.1 cm³/mol. The normalized spacial score (nSPS) is 13.7. The van der Waals surface area contributed by atoms with Crippen LogP contribution < -0.4 is 9.47 Å². The molecule has 0 N–H and O–H groups in total. The Balaban J connectivity index is 3.53. The Morgan fingerprint density at radius 1 is 0.933 bits per heavy atom. The molecule has 14 heteroatoms. The lowest BCUT2D eigenvalue weighted by Gasteiger charge is -2.36. The molecule has 0 fully saturated rings. The fourth-order valence-electron chi connectivity index (χ4n) is 1.94. The van der Waals surface area contributed by atoms with Crippen LogP contribution in [0.15, 0.2) is 30.9 Å². The van der Waals surface area contributed by atoms with E-state index in [0.29, 0.717) is 12.1 Å². The van der Waals surface area contributed by atoms with Crippen LogP contribution in [0.3, 0.4) is 0 Å².